The molecule has 0 spiro atoms. The van der Waals surface area contributed by atoms with Crippen LogP contribution in [0.1, 0.15) is 46.5 Å². The summed E-state index contributed by atoms with van der Waals surface area (Å²) in [5, 5.41) is 12.8. The molecule has 23 heavy (non-hydrogen) atoms. The quantitative estimate of drug-likeness (QED) is 0.762. The van der Waals surface area contributed by atoms with E-state index in [0.717, 1.165) is 50.7 Å². The van der Waals surface area contributed by atoms with E-state index in [9.17, 15) is 9.90 Å². The fourth-order valence-electron chi connectivity index (χ4n) is 4.17. The van der Waals surface area contributed by atoms with Crippen molar-refractivity contribution in [3.63, 3.8) is 0 Å². The highest BCUT2D eigenvalue weighted by Gasteiger charge is 2.26. The Balaban J connectivity index is 1.63. The molecule has 134 valence electrons. The number of hydrogen-bond donors (Lipinski definition) is 2. The van der Waals surface area contributed by atoms with Gasteiger partial charge in [0.05, 0.1) is 6.10 Å². The second-order valence-corrected chi connectivity index (χ2v) is 7.88. The number of urea groups is 1. The number of rotatable bonds is 5. The Kier molecular flexibility index (Phi) is 7.15. The van der Waals surface area contributed by atoms with E-state index in [4.69, 9.17) is 0 Å². The number of hydrogen-bond acceptors (Lipinski definition) is 3. The molecule has 2 N–H and O–H groups in total. The van der Waals surface area contributed by atoms with Crippen LogP contribution in [0.5, 0.6) is 0 Å². The number of carbonyl (C=O) groups excluding carboxylic acids is 1. The van der Waals surface area contributed by atoms with E-state index in [0.29, 0.717) is 6.54 Å². The number of aliphatic hydroxyl groups excluding tert-OH is 1. The zero-order valence-electron chi connectivity index (χ0n) is 15.1. The Labute approximate surface area is 141 Å². The molecule has 0 radical (unpaired) electrons. The standard InChI is InChI=1S/C18H35N3O2/c1-14-10-15(2)12-20(11-14)8-5-7-19-18(23)21-9-4-6-17(13-21)16(3)22/h14-17,22H,4-13H2,1-3H3,(H,19,23). The summed E-state index contributed by atoms with van der Waals surface area (Å²) in [5.74, 6) is 1.81. The van der Waals surface area contributed by atoms with Gasteiger partial charge in [-0.3, -0.25) is 0 Å². The highest BCUT2D eigenvalue weighted by molar-refractivity contribution is 5.74. The molecule has 5 nitrogen and oxygen atoms in total. The Bertz CT molecular complexity index is 365. The van der Waals surface area contributed by atoms with Gasteiger partial charge in [0, 0.05) is 38.6 Å². The van der Waals surface area contributed by atoms with Gasteiger partial charge >= 0.3 is 6.03 Å². The molecule has 0 aromatic carbocycles. The molecule has 2 heterocycles. The van der Waals surface area contributed by atoms with Gasteiger partial charge in [-0.25, -0.2) is 4.79 Å². The predicted octanol–water partition coefficient (Wildman–Crippen LogP) is 2.16. The average molecular weight is 325 g/mol. The fourth-order valence-corrected chi connectivity index (χ4v) is 4.17. The van der Waals surface area contributed by atoms with Crippen molar-refractivity contribution in [1.29, 1.82) is 0 Å². The third-order valence-corrected chi connectivity index (χ3v) is 5.30. The fraction of sp³-hybridized carbons (Fsp3) is 0.944. The second kappa shape index (κ2) is 8.88. The summed E-state index contributed by atoms with van der Waals surface area (Å²) in [6.07, 6.45) is 4.04. The van der Waals surface area contributed by atoms with E-state index in [1.165, 1.54) is 19.5 Å². The number of likely N-dealkylation sites (tertiary alicyclic amines) is 2. The summed E-state index contributed by atoms with van der Waals surface area (Å²) in [6, 6.07) is 0.0377. The lowest BCUT2D eigenvalue weighted by Gasteiger charge is -2.35. The van der Waals surface area contributed by atoms with Gasteiger partial charge < -0.3 is 20.2 Å². The molecule has 2 rings (SSSR count). The van der Waals surface area contributed by atoms with E-state index in [-0.39, 0.29) is 18.1 Å². The lowest BCUT2D eigenvalue weighted by Crippen LogP contribution is -2.48. The van der Waals surface area contributed by atoms with E-state index >= 15 is 0 Å². The van der Waals surface area contributed by atoms with Crippen LogP contribution in [0.4, 0.5) is 4.79 Å². The lowest BCUT2D eigenvalue weighted by atomic mass is 9.92. The van der Waals surface area contributed by atoms with Crippen molar-refractivity contribution in [1.82, 2.24) is 15.1 Å². The van der Waals surface area contributed by atoms with Crippen molar-refractivity contribution in [2.45, 2.75) is 52.6 Å². The largest absolute Gasteiger partial charge is 0.393 e. The Morgan fingerprint density at radius 2 is 1.96 bits per heavy atom. The minimum Gasteiger partial charge on any atom is -0.393 e. The number of nitrogens with one attached hydrogen (secondary N) is 1. The molecule has 2 amide bonds. The maximum Gasteiger partial charge on any atom is 0.317 e. The molecular formula is C18H35N3O2. The molecule has 5 heteroatoms. The van der Waals surface area contributed by atoms with Crippen molar-refractivity contribution in [2.75, 3.05) is 39.3 Å². The molecule has 0 saturated carbocycles. The van der Waals surface area contributed by atoms with Crippen molar-refractivity contribution < 1.29 is 9.90 Å². The van der Waals surface area contributed by atoms with Gasteiger partial charge in [-0.1, -0.05) is 13.8 Å². The minimum absolute atomic E-state index is 0.0377. The Morgan fingerprint density at radius 3 is 2.61 bits per heavy atom. The maximum absolute atomic E-state index is 12.2. The SMILES string of the molecule is CC1CC(C)CN(CCCNC(=O)N2CCCC(C(C)O)C2)C1. The molecule has 0 bridgehead atoms. The van der Waals surface area contributed by atoms with Gasteiger partial charge in [-0.05, 0) is 51.0 Å². The number of amides is 2. The van der Waals surface area contributed by atoms with Crippen LogP contribution < -0.4 is 5.32 Å². The van der Waals surface area contributed by atoms with Crippen LogP contribution in [-0.2, 0) is 0 Å². The summed E-state index contributed by atoms with van der Waals surface area (Å²) in [5.41, 5.74) is 0. The molecule has 4 atom stereocenters. The smallest absolute Gasteiger partial charge is 0.317 e. The van der Waals surface area contributed by atoms with Gasteiger partial charge in [0.15, 0.2) is 0 Å². The van der Waals surface area contributed by atoms with Crippen molar-refractivity contribution in [2.24, 2.45) is 17.8 Å². The summed E-state index contributed by atoms with van der Waals surface area (Å²) in [6.45, 7) is 12.2. The zero-order chi connectivity index (χ0) is 16.8. The maximum atomic E-state index is 12.2. The average Bonchev–Trinajstić information content (AvgIpc) is 2.50. The van der Waals surface area contributed by atoms with Gasteiger partial charge in [0.25, 0.3) is 0 Å². The van der Waals surface area contributed by atoms with Crippen LogP contribution >= 0.6 is 0 Å². The van der Waals surface area contributed by atoms with Gasteiger partial charge in [-0.2, -0.15) is 0 Å². The van der Waals surface area contributed by atoms with Gasteiger partial charge in [0.2, 0.25) is 0 Å². The Hall–Kier alpha value is -0.810. The summed E-state index contributed by atoms with van der Waals surface area (Å²) >= 11 is 0. The number of carbonyl (C=O) groups is 1. The number of aliphatic hydroxyl groups is 1. The highest BCUT2D eigenvalue weighted by atomic mass is 16.3. The zero-order valence-corrected chi connectivity index (χ0v) is 15.1. The summed E-state index contributed by atoms with van der Waals surface area (Å²) in [7, 11) is 0. The number of piperidine rings is 2. The first kappa shape index (κ1) is 18.5. The van der Waals surface area contributed by atoms with E-state index in [2.05, 4.69) is 24.1 Å². The van der Waals surface area contributed by atoms with E-state index in [1.54, 1.807) is 0 Å². The van der Waals surface area contributed by atoms with E-state index < -0.39 is 0 Å². The minimum atomic E-state index is -0.325. The normalized spacial score (nSPS) is 31.0. The summed E-state index contributed by atoms with van der Waals surface area (Å²) < 4.78 is 0. The van der Waals surface area contributed by atoms with E-state index in [1.807, 2.05) is 11.8 Å². The van der Waals surface area contributed by atoms with Crippen molar-refractivity contribution in [3.05, 3.63) is 0 Å². The highest BCUT2D eigenvalue weighted by Crippen LogP contribution is 2.21. The second-order valence-electron chi connectivity index (χ2n) is 7.88. The van der Waals surface area contributed by atoms with Crippen LogP contribution in [0.25, 0.3) is 0 Å². The summed E-state index contributed by atoms with van der Waals surface area (Å²) in [4.78, 5) is 16.6. The topological polar surface area (TPSA) is 55.8 Å². The molecule has 0 aliphatic carbocycles. The third-order valence-electron chi connectivity index (χ3n) is 5.30. The van der Waals surface area contributed by atoms with Crippen molar-refractivity contribution in [3.8, 4) is 0 Å². The molecule has 2 saturated heterocycles. The van der Waals surface area contributed by atoms with Crippen LogP contribution in [0.2, 0.25) is 0 Å². The van der Waals surface area contributed by atoms with Crippen LogP contribution in [0.3, 0.4) is 0 Å². The van der Waals surface area contributed by atoms with Crippen LogP contribution in [-0.4, -0.2) is 66.3 Å². The van der Waals surface area contributed by atoms with Crippen LogP contribution in [0.15, 0.2) is 0 Å². The molecule has 0 aromatic rings. The lowest BCUT2D eigenvalue weighted by molar-refractivity contribution is 0.0738. The first-order chi connectivity index (χ1) is 11.0. The molecular weight excluding hydrogens is 290 g/mol. The van der Waals surface area contributed by atoms with Gasteiger partial charge in [-0.15, -0.1) is 0 Å². The predicted molar refractivity (Wildman–Crippen MR) is 93.4 cm³/mol. The molecule has 2 fully saturated rings. The monoisotopic (exact) mass is 325 g/mol. The first-order valence-electron chi connectivity index (χ1n) is 9.39. The molecule has 0 aromatic heterocycles. The molecule has 2 aliphatic rings. The first-order valence-corrected chi connectivity index (χ1v) is 9.39. The third kappa shape index (κ3) is 5.96. The van der Waals surface area contributed by atoms with Crippen LogP contribution in [0, 0.1) is 17.8 Å². The van der Waals surface area contributed by atoms with Gasteiger partial charge in [0.1, 0.15) is 0 Å². The molecule has 4 unspecified atom stereocenters. The number of nitrogens with zero attached hydrogens (tertiary/aromatic N) is 2. The molecule has 2 aliphatic heterocycles. The van der Waals surface area contributed by atoms with Crippen molar-refractivity contribution >= 4 is 6.03 Å². The Morgan fingerprint density at radius 1 is 1.26 bits per heavy atom.